The highest BCUT2D eigenvalue weighted by Crippen LogP contribution is 2.28. The van der Waals surface area contributed by atoms with Gasteiger partial charge in [0.05, 0.1) is 17.6 Å². The van der Waals surface area contributed by atoms with E-state index in [1.54, 1.807) is 13.3 Å². The zero-order valence-electron chi connectivity index (χ0n) is 14.2. The van der Waals surface area contributed by atoms with Gasteiger partial charge in [0.25, 0.3) is 0 Å². The van der Waals surface area contributed by atoms with Crippen LogP contribution in [0.2, 0.25) is 5.02 Å². The minimum Gasteiger partial charge on any atom is -0.497 e. The Bertz CT molecular complexity index is 761. The third kappa shape index (κ3) is 4.32. The lowest BCUT2D eigenvalue weighted by Crippen LogP contribution is -2.44. The molecule has 0 saturated carbocycles. The number of hydrogen-bond donors (Lipinski definition) is 2. The van der Waals surface area contributed by atoms with E-state index in [1.165, 1.54) is 0 Å². The summed E-state index contributed by atoms with van der Waals surface area (Å²) in [5, 5.41) is 13.1. The number of benzene rings is 1. The van der Waals surface area contributed by atoms with E-state index in [4.69, 9.17) is 21.4 Å². The van der Waals surface area contributed by atoms with Gasteiger partial charge in [0, 0.05) is 37.3 Å². The lowest BCUT2D eigenvalue weighted by Gasteiger charge is -2.31. The van der Waals surface area contributed by atoms with Crippen molar-refractivity contribution in [2.45, 2.75) is 25.3 Å². The molecule has 0 atom stereocenters. The molecular weight excluding hydrogens is 342 g/mol. The molecule has 1 fully saturated rings. The number of carboxylic acid groups (broad SMARTS) is 1. The fourth-order valence-corrected chi connectivity index (χ4v) is 3.57. The smallest absolute Gasteiger partial charge is 0.404 e. The Morgan fingerprint density at radius 1 is 1.44 bits per heavy atom. The zero-order chi connectivity index (χ0) is 17.8. The van der Waals surface area contributed by atoms with Crippen molar-refractivity contribution in [3.8, 4) is 5.75 Å². The van der Waals surface area contributed by atoms with Crippen molar-refractivity contribution in [1.29, 1.82) is 0 Å². The zero-order valence-corrected chi connectivity index (χ0v) is 14.9. The Hall–Kier alpha value is -2.05. The second-order valence-electron chi connectivity index (χ2n) is 6.28. The molecule has 3 rings (SSSR count). The van der Waals surface area contributed by atoms with Crippen molar-refractivity contribution in [2.75, 3.05) is 26.7 Å². The Morgan fingerprint density at radius 3 is 2.88 bits per heavy atom. The lowest BCUT2D eigenvalue weighted by atomic mass is 10.0. The number of halogens is 1. The van der Waals surface area contributed by atoms with Crippen molar-refractivity contribution >= 4 is 28.6 Å². The SMILES string of the molecule is COc1ccc2ncc(Cl)c(CCN3CCC(NC(=O)O)CC3)c2c1. The predicted molar refractivity (Wildman–Crippen MR) is 97.6 cm³/mol. The van der Waals surface area contributed by atoms with Crippen LogP contribution >= 0.6 is 11.6 Å². The van der Waals surface area contributed by atoms with Gasteiger partial charge in [-0.2, -0.15) is 0 Å². The third-order valence-electron chi connectivity index (χ3n) is 4.73. The Labute approximate surface area is 151 Å². The molecule has 2 heterocycles. The summed E-state index contributed by atoms with van der Waals surface area (Å²) >= 11 is 6.40. The number of likely N-dealkylation sites (tertiary alicyclic amines) is 1. The second kappa shape index (κ2) is 7.89. The molecule has 1 aliphatic rings. The summed E-state index contributed by atoms with van der Waals surface area (Å²) < 4.78 is 5.32. The Morgan fingerprint density at radius 2 is 2.20 bits per heavy atom. The highest BCUT2D eigenvalue weighted by Gasteiger charge is 2.20. The molecule has 1 amide bonds. The first-order chi connectivity index (χ1) is 12.1. The number of nitrogens with one attached hydrogen (secondary N) is 1. The fraction of sp³-hybridized carbons (Fsp3) is 0.444. The first-order valence-corrected chi connectivity index (χ1v) is 8.77. The Kier molecular flexibility index (Phi) is 5.60. The van der Waals surface area contributed by atoms with E-state index in [0.29, 0.717) is 5.02 Å². The van der Waals surface area contributed by atoms with Crippen LogP contribution < -0.4 is 10.1 Å². The molecule has 0 unspecified atom stereocenters. The molecule has 0 aliphatic carbocycles. The fourth-order valence-electron chi connectivity index (χ4n) is 3.33. The molecule has 25 heavy (non-hydrogen) atoms. The van der Waals surface area contributed by atoms with E-state index in [-0.39, 0.29) is 6.04 Å². The van der Waals surface area contributed by atoms with Gasteiger partial charge in [0.15, 0.2) is 0 Å². The molecule has 134 valence electrons. The van der Waals surface area contributed by atoms with E-state index in [1.807, 2.05) is 18.2 Å². The maximum absolute atomic E-state index is 10.7. The minimum absolute atomic E-state index is 0.0587. The van der Waals surface area contributed by atoms with Gasteiger partial charge < -0.3 is 20.1 Å². The van der Waals surface area contributed by atoms with Gasteiger partial charge in [-0.05, 0) is 43.0 Å². The second-order valence-corrected chi connectivity index (χ2v) is 6.69. The summed E-state index contributed by atoms with van der Waals surface area (Å²) in [6.07, 6.45) is 3.26. The van der Waals surface area contributed by atoms with Crippen LogP contribution in [0.15, 0.2) is 24.4 Å². The number of methoxy groups -OCH3 is 1. The van der Waals surface area contributed by atoms with Gasteiger partial charge >= 0.3 is 6.09 Å². The molecule has 1 saturated heterocycles. The molecule has 2 N–H and O–H groups in total. The van der Waals surface area contributed by atoms with Gasteiger partial charge in [-0.25, -0.2) is 4.79 Å². The number of fused-ring (bicyclic) bond motifs is 1. The number of rotatable bonds is 5. The van der Waals surface area contributed by atoms with Gasteiger partial charge in [0.1, 0.15) is 5.75 Å². The van der Waals surface area contributed by atoms with Crippen LogP contribution in [-0.4, -0.2) is 53.9 Å². The van der Waals surface area contributed by atoms with Crippen LogP contribution in [0.5, 0.6) is 5.75 Å². The van der Waals surface area contributed by atoms with E-state index in [9.17, 15) is 4.79 Å². The van der Waals surface area contributed by atoms with Crippen LogP contribution in [-0.2, 0) is 6.42 Å². The molecule has 0 spiro atoms. The molecule has 0 radical (unpaired) electrons. The van der Waals surface area contributed by atoms with E-state index < -0.39 is 6.09 Å². The number of carbonyl (C=O) groups is 1. The van der Waals surface area contributed by atoms with E-state index in [0.717, 1.165) is 61.1 Å². The van der Waals surface area contributed by atoms with Crippen LogP contribution in [0, 0.1) is 0 Å². The van der Waals surface area contributed by atoms with Gasteiger partial charge in [-0.15, -0.1) is 0 Å². The van der Waals surface area contributed by atoms with Crippen LogP contribution in [0.3, 0.4) is 0 Å². The standard InChI is InChI=1S/C18H22ClN3O3/c1-25-13-2-3-17-15(10-13)14(16(19)11-20-17)6-9-22-7-4-12(5-8-22)21-18(23)24/h2-3,10-12,21H,4-9H2,1H3,(H,23,24). The molecule has 0 bridgehead atoms. The summed E-state index contributed by atoms with van der Waals surface area (Å²) in [7, 11) is 1.65. The monoisotopic (exact) mass is 363 g/mol. The first-order valence-electron chi connectivity index (χ1n) is 8.40. The van der Waals surface area contributed by atoms with Crippen LogP contribution in [0.4, 0.5) is 4.79 Å². The van der Waals surface area contributed by atoms with Gasteiger partial charge in [-0.3, -0.25) is 4.98 Å². The molecule has 2 aromatic rings. The van der Waals surface area contributed by atoms with Crippen molar-refractivity contribution in [2.24, 2.45) is 0 Å². The average molecular weight is 364 g/mol. The number of ether oxygens (including phenoxy) is 1. The molecule has 1 aliphatic heterocycles. The summed E-state index contributed by atoms with van der Waals surface area (Å²) in [5.74, 6) is 0.790. The van der Waals surface area contributed by atoms with Gasteiger partial charge in [0.2, 0.25) is 0 Å². The third-order valence-corrected chi connectivity index (χ3v) is 5.05. The van der Waals surface area contributed by atoms with Gasteiger partial charge in [-0.1, -0.05) is 11.6 Å². The molecule has 1 aromatic heterocycles. The summed E-state index contributed by atoms with van der Waals surface area (Å²) in [5.41, 5.74) is 1.99. The van der Waals surface area contributed by atoms with Crippen molar-refractivity contribution in [3.63, 3.8) is 0 Å². The highest BCUT2D eigenvalue weighted by atomic mass is 35.5. The normalized spacial score (nSPS) is 16.1. The predicted octanol–water partition coefficient (Wildman–Crippen LogP) is 3.17. The molecule has 7 heteroatoms. The first kappa shape index (κ1) is 17.8. The van der Waals surface area contributed by atoms with E-state index in [2.05, 4.69) is 15.2 Å². The largest absolute Gasteiger partial charge is 0.497 e. The Balaban J connectivity index is 1.67. The topological polar surface area (TPSA) is 74.7 Å². The number of amides is 1. The number of piperidine rings is 1. The summed E-state index contributed by atoms with van der Waals surface area (Å²) in [4.78, 5) is 17.5. The van der Waals surface area contributed by atoms with Crippen molar-refractivity contribution in [1.82, 2.24) is 15.2 Å². The minimum atomic E-state index is -0.942. The summed E-state index contributed by atoms with van der Waals surface area (Å²) in [6.45, 7) is 2.65. The number of hydrogen-bond acceptors (Lipinski definition) is 4. The van der Waals surface area contributed by atoms with Crippen molar-refractivity contribution < 1.29 is 14.6 Å². The van der Waals surface area contributed by atoms with Crippen molar-refractivity contribution in [3.05, 3.63) is 35.0 Å². The maximum atomic E-state index is 10.7. The number of aromatic nitrogens is 1. The number of nitrogens with zero attached hydrogens (tertiary/aromatic N) is 2. The summed E-state index contributed by atoms with van der Waals surface area (Å²) in [6, 6.07) is 5.87. The number of pyridine rings is 1. The average Bonchev–Trinajstić information content (AvgIpc) is 2.61. The van der Waals surface area contributed by atoms with E-state index >= 15 is 0 Å². The lowest BCUT2D eigenvalue weighted by molar-refractivity contribution is 0.169. The van der Waals surface area contributed by atoms with Crippen LogP contribution in [0.25, 0.3) is 10.9 Å². The quantitative estimate of drug-likeness (QED) is 0.853. The van der Waals surface area contributed by atoms with Crippen LogP contribution in [0.1, 0.15) is 18.4 Å². The highest BCUT2D eigenvalue weighted by molar-refractivity contribution is 6.32. The molecular formula is C18H22ClN3O3. The molecule has 6 nitrogen and oxygen atoms in total. The maximum Gasteiger partial charge on any atom is 0.404 e. The molecule has 1 aromatic carbocycles.